The lowest BCUT2D eigenvalue weighted by Crippen LogP contribution is -2.27. The predicted octanol–water partition coefficient (Wildman–Crippen LogP) is 3.44. The van der Waals surface area contributed by atoms with Gasteiger partial charge in [0.2, 0.25) is 0 Å². The van der Waals surface area contributed by atoms with Gasteiger partial charge in [-0.05, 0) is 31.2 Å². The van der Waals surface area contributed by atoms with Gasteiger partial charge < -0.3 is 25.3 Å². The molecule has 25 heavy (non-hydrogen) atoms. The van der Waals surface area contributed by atoms with E-state index in [9.17, 15) is 4.79 Å². The number of methoxy groups -OCH3 is 3. The molecule has 2 aromatic carbocycles. The monoisotopic (exact) mass is 364 g/mol. The molecule has 0 spiro atoms. The zero-order valence-electron chi connectivity index (χ0n) is 14.6. The number of nitrogen functional groups attached to an aromatic ring is 1. The van der Waals surface area contributed by atoms with E-state index in [4.69, 9.17) is 31.5 Å². The summed E-state index contributed by atoms with van der Waals surface area (Å²) in [7, 11) is 4.62. The highest BCUT2D eigenvalue weighted by Crippen LogP contribution is 2.31. The molecule has 134 valence electrons. The standard InChI is InChI=1S/C18H21ClN2O4/c1-10(12-7-11(23-2)5-6-16(12)24-3)21-18(22)13-8-14(19)15(20)9-17(13)25-4/h5-10H,20H2,1-4H3,(H,21,22). The van der Waals surface area contributed by atoms with Crippen molar-refractivity contribution >= 4 is 23.2 Å². The van der Waals surface area contributed by atoms with E-state index in [1.165, 1.54) is 19.2 Å². The van der Waals surface area contributed by atoms with Gasteiger partial charge in [-0.15, -0.1) is 0 Å². The number of hydrogen-bond donors (Lipinski definition) is 2. The molecular weight excluding hydrogens is 344 g/mol. The number of carbonyl (C=O) groups is 1. The molecule has 1 atom stereocenters. The molecule has 0 aromatic heterocycles. The molecule has 0 aliphatic carbocycles. The molecule has 2 rings (SSSR count). The maximum absolute atomic E-state index is 12.7. The number of anilines is 1. The SMILES string of the molecule is COc1ccc(OC)c(C(C)NC(=O)c2cc(Cl)c(N)cc2OC)c1. The van der Waals surface area contributed by atoms with E-state index in [1.54, 1.807) is 26.4 Å². The minimum Gasteiger partial charge on any atom is -0.497 e. The van der Waals surface area contributed by atoms with Crippen LogP contribution in [-0.4, -0.2) is 27.2 Å². The van der Waals surface area contributed by atoms with Crippen molar-refractivity contribution in [3.8, 4) is 17.2 Å². The molecule has 0 radical (unpaired) electrons. The Labute approximate surface area is 151 Å². The number of benzene rings is 2. The van der Waals surface area contributed by atoms with Crippen LogP contribution in [0.2, 0.25) is 5.02 Å². The van der Waals surface area contributed by atoms with Crippen LogP contribution in [0.3, 0.4) is 0 Å². The number of ether oxygens (including phenoxy) is 3. The first kappa shape index (κ1) is 18.7. The molecule has 0 aliphatic heterocycles. The summed E-state index contributed by atoms with van der Waals surface area (Å²) in [6, 6.07) is 8.07. The third-order valence-corrected chi connectivity index (χ3v) is 4.14. The number of hydrogen-bond acceptors (Lipinski definition) is 5. The highest BCUT2D eigenvalue weighted by molar-refractivity contribution is 6.33. The van der Waals surface area contributed by atoms with Crippen molar-refractivity contribution in [2.45, 2.75) is 13.0 Å². The average Bonchev–Trinajstić information content (AvgIpc) is 2.62. The maximum Gasteiger partial charge on any atom is 0.255 e. The van der Waals surface area contributed by atoms with Gasteiger partial charge in [0.05, 0.1) is 43.6 Å². The number of carbonyl (C=O) groups excluding carboxylic acids is 1. The second kappa shape index (κ2) is 7.98. The molecule has 2 aromatic rings. The predicted molar refractivity (Wildman–Crippen MR) is 97.8 cm³/mol. The quantitative estimate of drug-likeness (QED) is 0.767. The lowest BCUT2D eigenvalue weighted by molar-refractivity contribution is 0.0936. The Bertz CT molecular complexity index is 780. The summed E-state index contributed by atoms with van der Waals surface area (Å²) >= 11 is 6.03. The van der Waals surface area contributed by atoms with E-state index < -0.39 is 0 Å². The maximum atomic E-state index is 12.7. The average molecular weight is 365 g/mol. The van der Waals surface area contributed by atoms with Gasteiger partial charge in [0.1, 0.15) is 17.2 Å². The van der Waals surface area contributed by atoms with E-state index in [1.807, 2.05) is 13.0 Å². The van der Waals surface area contributed by atoms with E-state index in [2.05, 4.69) is 5.32 Å². The van der Waals surface area contributed by atoms with Crippen LogP contribution in [-0.2, 0) is 0 Å². The lowest BCUT2D eigenvalue weighted by atomic mass is 10.1. The van der Waals surface area contributed by atoms with Gasteiger partial charge in [0.25, 0.3) is 5.91 Å². The van der Waals surface area contributed by atoms with Gasteiger partial charge in [-0.3, -0.25) is 4.79 Å². The summed E-state index contributed by atoms with van der Waals surface area (Å²) in [4.78, 5) is 12.7. The summed E-state index contributed by atoms with van der Waals surface area (Å²) in [6.07, 6.45) is 0. The normalized spacial score (nSPS) is 11.6. The number of nitrogens with two attached hydrogens (primary N) is 1. The molecule has 1 unspecified atom stereocenters. The number of amides is 1. The van der Waals surface area contributed by atoms with E-state index in [-0.39, 0.29) is 17.0 Å². The first-order chi connectivity index (χ1) is 11.9. The van der Waals surface area contributed by atoms with E-state index in [0.29, 0.717) is 28.5 Å². The molecule has 0 heterocycles. The van der Waals surface area contributed by atoms with Crippen LogP contribution in [0.15, 0.2) is 30.3 Å². The zero-order chi connectivity index (χ0) is 18.6. The Morgan fingerprint density at radius 1 is 1.08 bits per heavy atom. The number of nitrogens with one attached hydrogen (secondary N) is 1. The van der Waals surface area contributed by atoms with Crippen LogP contribution in [0.5, 0.6) is 17.2 Å². The summed E-state index contributed by atoms with van der Waals surface area (Å²) < 4.78 is 15.8. The lowest BCUT2D eigenvalue weighted by Gasteiger charge is -2.19. The summed E-state index contributed by atoms with van der Waals surface area (Å²) in [6.45, 7) is 1.85. The van der Waals surface area contributed by atoms with Crippen molar-refractivity contribution in [2.24, 2.45) is 0 Å². The summed E-state index contributed by atoms with van der Waals surface area (Å²) in [5.41, 5.74) is 7.19. The van der Waals surface area contributed by atoms with E-state index >= 15 is 0 Å². The highest BCUT2D eigenvalue weighted by Gasteiger charge is 2.20. The van der Waals surface area contributed by atoms with Crippen molar-refractivity contribution in [1.29, 1.82) is 0 Å². The van der Waals surface area contributed by atoms with Crippen LogP contribution in [0, 0.1) is 0 Å². The Morgan fingerprint density at radius 2 is 1.76 bits per heavy atom. The van der Waals surface area contributed by atoms with Gasteiger partial charge in [-0.2, -0.15) is 0 Å². The molecule has 7 heteroatoms. The third kappa shape index (κ3) is 4.09. The second-order valence-corrected chi connectivity index (χ2v) is 5.78. The zero-order valence-corrected chi connectivity index (χ0v) is 15.3. The molecule has 0 saturated carbocycles. The Hall–Kier alpha value is -2.60. The highest BCUT2D eigenvalue weighted by atomic mass is 35.5. The van der Waals surface area contributed by atoms with Crippen molar-refractivity contribution < 1.29 is 19.0 Å². The fourth-order valence-electron chi connectivity index (χ4n) is 2.45. The number of halogens is 1. The molecule has 0 bridgehead atoms. The van der Waals surface area contributed by atoms with Gasteiger partial charge >= 0.3 is 0 Å². The second-order valence-electron chi connectivity index (χ2n) is 5.38. The molecular formula is C18H21ClN2O4. The topological polar surface area (TPSA) is 82.8 Å². The van der Waals surface area contributed by atoms with Crippen LogP contribution in [0.4, 0.5) is 5.69 Å². The first-order valence-corrected chi connectivity index (χ1v) is 7.94. The molecule has 0 fully saturated rings. The summed E-state index contributed by atoms with van der Waals surface area (Å²) in [5.74, 6) is 1.33. The molecule has 0 saturated heterocycles. The molecule has 0 aliphatic rings. The van der Waals surface area contributed by atoms with Crippen LogP contribution < -0.4 is 25.3 Å². The Kier molecular flexibility index (Phi) is 5.98. The van der Waals surface area contributed by atoms with Crippen molar-refractivity contribution in [3.05, 3.63) is 46.5 Å². The van der Waals surface area contributed by atoms with Crippen molar-refractivity contribution in [2.75, 3.05) is 27.1 Å². The van der Waals surface area contributed by atoms with Crippen molar-refractivity contribution in [1.82, 2.24) is 5.32 Å². The molecule has 3 N–H and O–H groups in total. The first-order valence-electron chi connectivity index (χ1n) is 7.57. The molecule has 6 nitrogen and oxygen atoms in total. The Morgan fingerprint density at radius 3 is 2.36 bits per heavy atom. The van der Waals surface area contributed by atoms with E-state index in [0.717, 1.165) is 5.56 Å². The fraction of sp³-hybridized carbons (Fsp3) is 0.278. The van der Waals surface area contributed by atoms with Crippen LogP contribution in [0.25, 0.3) is 0 Å². The van der Waals surface area contributed by atoms with Crippen LogP contribution >= 0.6 is 11.6 Å². The minimum absolute atomic E-state index is 0.289. The van der Waals surface area contributed by atoms with Gasteiger partial charge in [0, 0.05) is 11.6 Å². The van der Waals surface area contributed by atoms with Crippen molar-refractivity contribution in [3.63, 3.8) is 0 Å². The van der Waals surface area contributed by atoms with Gasteiger partial charge in [0.15, 0.2) is 0 Å². The summed E-state index contributed by atoms with van der Waals surface area (Å²) in [5, 5.41) is 3.20. The Balaban J connectivity index is 2.31. The molecule has 1 amide bonds. The van der Waals surface area contributed by atoms with Gasteiger partial charge in [-0.1, -0.05) is 11.6 Å². The van der Waals surface area contributed by atoms with Crippen LogP contribution in [0.1, 0.15) is 28.9 Å². The minimum atomic E-state index is -0.337. The largest absolute Gasteiger partial charge is 0.497 e. The van der Waals surface area contributed by atoms with Gasteiger partial charge in [-0.25, -0.2) is 0 Å². The third-order valence-electron chi connectivity index (χ3n) is 3.81. The number of rotatable bonds is 6. The fourth-order valence-corrected chi connectivity index (χ4v) is 2.61. The smallest absolute Gasteiger partial charge is 0.255 e.